The number of nitrogens with zero attached hydrogens (tertiary/aromatic N) is 1. The first-order valence-corrected chi connectivity index (χ1v) is 5.63. The third-order valence-corrected chi connectivity index (χ3v) is 3.67. The first kappa shape index (κ1) is 13.0. The average molecular weight is 229 g/mol. The molecule has 1 aliphatic heterocycles. The molecule has 1 aliphatic rings. The van der Waals surface area contributed by atoms with Crippen LogP contribution in [0.15, 0.2) is 0 Å². The summed E-state index contributed by atoms with van der Waals surface area (Å²) in [6.45, 7) is 5.58. The molecule has 1 atom stereocenters. The second-order valence-corrected chi connectivity index (χ2v) is 4.56. The van der Waals surface area contributed by atoms with E-state index in [0.717, 1.165) is 12.8 Å². The maximum atomic E-state index is 11.0. The standard InChI is InChI=1S/C11H19NO4/c1-3-11(4-2)6-12(7-11)8(10(15)16)5-9(13)14/h8H,3-7H2,1-2H3,(H,13,14)(H,15,16). The van der Waals surface area contributed by atoms with Crippen LogP contribution in [-0.2, 0) is 9.59 Å². The molecule has 5 nitrogen and oxygen atoms in total. The lowest BCUT2D eigenvalue weighted by molar-refractivity contribution is -0.156. The Hall–Kier alpha value is -1.10. The van der Waals surface area contributed by atoms with Gasteiger partial charge in [-0.2, -0.15) is 0 Å². The highest BCUT2D eigenvalue weighted by atomic mass is 16.4. The van der Waals surface area contributed by atoms with Gasteiger partial charge in [-0.25, -0.2) is 0 Å². The smallest absolute Gasteiger partial charge is 0.321 e. The van der Waals surface area contributed by atoms with Crippen LogP contribution >= 0.6 is 0 Å². The highest BCUT2D eigenvalue weighted by molar-refractivity contribution is 5.80. The molecule has 1 unspecified atom stereocenters. The van der Waals surface area contributed by atoms with Gasteiger partial charge in [-0.05, 0) is 18.3 Å². The first-order chi connectivity index (χ1) is 7.44. The summed E-state index contributed by atoms with van der Waals surface area (Å²) in [5, 5.41) is 17.6. The maximum Gasteiger partial charge on any atom is 0.321 e. The minimum Gasteiger partial charge on any atom is -0.481 e. The number of carboxylic acid groups (broad SMARTS) is 2. The van der Waals surface area contributed by atoms with Crippen molar-refractivity contribution in [3.8, 4) is 0 Å². The van der Waals surface area contributed by atoms with Gasteiger partial charge in [0, 0.05) is 13.1 Å². The maximum absolute atomic E-state index is 11.0. The van der Waals surface area contributed by atoms with Gasteiger partial charge < -0.3 is 10.2 Å². The zero-order chi connectivity index (χ0) is 12.3. The van der Waals surface area contributed by atoms with Crippen molar-refractivity contribution in [3.05, 3.63) is 0 Å². The molecule has 1 rings (SSSR count). The molecule has 0 radical (unpaired) electrons. The largest absolute Gasteiger partial charge is 0.481 e. The van der Waals surface area contributed by atoms with Gasteiger partial charge in [0.05, 0.1) is 6.42 Å². The molecule has 16 heavy (non-hydrogen) atoms. The molecule has 0 saturated carbocycles. The van der Waals surface area contributed by atoms with Crippen LogP contribution in [0.3, 0.4) is 0 Å². The van der Waals surface area contributed by atoms with Crippen LogP contribution in [0, 0.1) is 5.41 Å². The van der Waals surface area contributed by atoms with Gasteiger partial charge in [-0.1, -0.05) is 13.8 Å². The molecular formula is C11H19NO4. The highest BCUT2D eigenvalue weighted by Crippen LogP contribution is 2.38. The number of rotatable bonds is 6. The summed E-state index contributed by atoms with van der Waals surface area (Å²) in [5.74, 6) is -2.10. The number of hydrogen-bond donors (Lipinski definition) is 2. The van der Waals surface area contributed by atoms with Gasteiger partial charge in [0.15, 0.2) is 0 Å². The van der Waals surface area contributed by atoms with E-state index in [-0.39, 0.29) is 11.8 Å². The topological polar surface area (TPSA) is 77.8 Å². The molecule has 1 fully saturated rings. The Morgan fingerprint density at radius 1 is 1.25 bits per heavy atom. The molecule has 0 spiro atoms. The van der Waals surface area contributed by atoms with Gasteiger partial charge in [0.1, 0.15) is 6.04 Å². The summed E-state index contributed by atoms with van der Waals surface area (Å²) in [6.07, 6.45) is 1.71. The van der Waals surface area contributed by atoms with Crippen molar-refractivity contribution < 1.29 is 19.8 Å². The van der Waals surface area contributed by atoms with Crippen LogP contribution < -0.4 is 0 Å². The third kappa shape index (κ3) is 2.52. The summed E-state index contributed by atoms with van der Waals surface area (Å²) in [7, 11) is 0. The van der Waals surface area contributed by atoms with Gasteiger partial charge in [0.2, 0.25) is 0 Å². The summed E-state index contributed by atoms with van der Waals surface area (Å²) in [5.41, 5.74) is 0.201. The predicted molar refractivity (Wildman–Crippen MR) is 58.3 cm³/mol. The molecule has 92 valence electrons. The van der Waals surface area contributed by atoms with E-state index in [0.29, 0.717) is 13.1 Å². The molecule has 0 aliphatic carbocycles. The van der Waals surface area contributed by atoms with Crippen LogP contribution in [0.1, 0.15) is 33.1 Å². The van der Waals surface area contributed by atoms with Crippen molar-refractivity contribution in [1.29, 1.82) is 0 Å². The molecule has 0 aromatic carbocycles. The number of hydrogen-bond acceptors (Lipinski definition) is 3. The Morgan fingerprint density at radius 2 is 1.75 bits per heavy atom. The van der Waals surface area contributed by atoms with Gasteiger partial charge in [0.25, 0.3) is 0 Å². The van der Waals surface area contributed by atoms with E-state index in [4.69, 9.17) is 10.2 Å². The van der Waals surface area contributed by atoms with Gasteiger partial charge >= 0.3 is 11.9 Å². The monoisotopic (exact) mass is 229 g/mol. The Kier molecular flexibility index (Phi) is 3.91. The zero-order valence-electron chi connectivity index (χ0n) is 9.77. The zero-order valence-corrected chi connectivity index (χ0v) is 9.77. The summed E-state index contributed by atoms with van der Waals surface area (Å²) >= 11 is 0. The summed E-state index contributed by atoms with van der Waals surface area (Å²) in [6, 6.07) is -0.872. The van der Waals surface area contributed by atoms with Crippen molar-refractivity contribution in [3.63, 3.8) is 0 Å². The quantitative estimate of drug-likeness (QED) is 0.711. The van der Waals surface area contributed by atoms with Crippen LogP contribution in [0.4, 0.5) is 0 Å². The highest BCUT2D eigenvalue weighted by Gasteiger charge is 2.45. The Labute approximate surface area is 95.1 Å². The average Bonchev–Trinajstić information content (AvgIpc) is 2.15. The second-order valence-electron chi connectivity index (χ2n) is 4.56. The van der Waals surface area contributed by atoms with E-state index in [9.17, 15) is 9.59 Å². The Bertz CT molecular complexity index is 278. The van der Waals surface area contributed by atoms with Crippen molar-refractivity contribution >= 4 is 11.9 Å². The Morgan fingerprint density at radius 3 is 2.06 bits per heavy atom. The van der Waals surface area contributed by atoms with E-state index >= 15 is 0 Å². The lowest BCUT2D eigenvalue weighted by Crippen LogP contribution is -2.61. The molecule has 1 heterocycles. The normalized spacial score (nSPS) is 21.1. The number of likely N-dealkylation sites (tertiary alicyclic amines) is 1. The summed E-state index contributed by atoms with van der Waals surface area (Å²) < 4.78 is 0. The Balaban J connectivity index is 2.58. The van der Waals surface area contributed by atoms with E-state index in [1.165, 1.54) is 0 Å². The first-order valence-electron chi connectivity index (χ1n) is 5.63. The van der Waals surface area contributed by atoms with Crippen LogP contribution in [-0.4, -0.2) is 46.2 Å². The van der Waals surface area contributed by atoms with Gasteiger partial charge in [-0.3, -0.25) is 14.5 Å². The molecule has 0 aromatic rings. The van der Waals surface area contributed by atoms with E-state index in [2.05, 4.69) is 13.8 Å². The second kappa shape index (κ2) is 4.82. The van der Waals surface area contributed by atoms with Crippen molar-refractivity contribution in [2.75, 3.05) is 13.1 Å². The minimum absolute atomic E-state index is 0.201. The number of carboxylic acids is 2. The fourth-order valence-corrected chi connectivity index (χ4v) is 2.27. The molecule has 2 N–H and O–H groups in total. The SMILES string of the molecule is CCC1(CC)CN(C(CC(=O)O)C(=O)O)C1. The van der Waals surface area contributed by atoms with E-state index in [1.807, 2.05) is 0 Å². The van der Waals surface area contributed by atoms with Crippen molar-refractivity contribution in [1.82, 2.24) is 4.90 Å². The third-order valence-electron chi connectivity index (χ3n) is 3.67. The van der Waals surface area contributed by atoms with Crippen molar-refractivity contribution in [2.45, 2.75) is 39.2 Å². The fraction of sp³-hybridized carbons (Fsp3) is 0.818. The lowest BCUT2D eigenvalue weighted by Gasteiger charge is -2.51. The van der Waals surface area contributed by atoms with E-state index < -0.39 is 18.0 Å². The van der Waals surface area contributed by atoms with Crippen LogP contribution in [0.5, 0.6) is 0 Å². The van der Waals surface area contributed by atoms with Crippen molar-refractivity contribution in [2.24, 2.45) is 5.41 Å². The number of aliphatic carboxylic acids is 2. The molecule has 0 bridgehead atoms. The fourth-order valence-electron chi connectivity index (χ4n) is 2.27. The molecule has 0 aromatic heterocycles. The van der Waals surface area contributed by atoms with E-state index in [1.54, 1.807) is 4.90 Å². The van der Waals surface area contributed by atoms with Crippen LogP contribution in [0.2, 0.25) is 0 Å². The molecule has 1 saturated heterocycles. The van der Waals surface area contributed by atoms with Gasteiger partial charge in [-0.15, -0.1) is 0 Å². The molecule has 0 amide bonds. The predicted octanol–water partition coefficient (Wildman–Crippen LogP) is 1.04. The summed E-state index contributed by atoms with van der Waals surface area (Å²) in [4.78, 5) is 23.3. The van der Waals surface area contributed by atoms with Crippen LogP contribution in [0.25, 0.3) is 0 Å². The minimum atomic E-state index is -1.06. The molecule has 5 heteroatoms. The number of carbonyl (C=O) groups is 2. The molecular weight excluding hydrogens is 210 g/mol. The lowest BCUT2D eigenvalue weighted by atomic mass is 9.74.